The van der Waals surface area contributed by atoms with Gasteiger partial charge in [0.15, 0.2) is 6.61 Å². The maximum absolute atomic E-state index is 12.4. The minimum absolute atomic E-state index is 0.0636. The van der Waals surface area contributed by atoms with Crippen molar-refractivity contribution >= 4 is 29.2 Å². The summed E-state index contributed by atoms with van der Waals surface area (Å²) >= 11 is 0. The second kappa shape index (κ2) is 15.7. The molecule has 0 aliphatic rings. The number of hydrogen-bond acceptors (Lipinski definition) is 4. The minimum Gasteiger partial charge on any atom is -0.452 e. The monoisotopic (exact) mass is 480 g/mol. The fourth-order valence-corrected chi connectivity index (χ4v) is 3.81. The maximum Gasteiger partial charge on any atom is 0.338 e. The molecule has 6 nitrogen and oxygen atoms in total. The van der Waals surface area contributed by atoms with Gasteiger partial charge >= 0.3 is 5.97 Å². The van der Waals surface area contributed by atoms with E-state index >= 15 is 0 Å². The number of carbonyl (C=O) groups excluding carboxylic acids is 3. The van der Waals surface area contributed by atoms with E-state index in [9.17, 15) is 14.4 Å². The van der Waals surface area contributed by atoms with Crippen molar-refractivity contribution in [1.82, 2.24) is 0 Å². The summed E-state index contributed by atoms with van der Waals surface area (Å²) in [5.74, 6) is -1.08. The van der Waals surface area contributed by atoms with Crippen LogP contribution in [0.4, 0.5) is 11.4 Å². The van der Waals surface area contributed by atoms with E-state index in [0.29, 0.717) is 17.8 Å². The smallest absolute Gasteiger partial charge is 0.338 e. The third kappa shape index (κ3) is 11.2. The summed E-state index contributed by atoms with van der Waals surface area (Å²) in [5, 5.41) is 5.61. The SMILES string of the molecule is CCCCCCCCCCCC(=O)Nc1cccc(C(=O)OCC(=O)Nc2cc(C)ccc2C)c1. The number of hydrogen-bond donors (Lipinski definition) is 2. The topological polar surface area (TPSA) is 84.5 Å². The summed E-state index contributed by atoms with van der Waals surface area (Å²) in [6, 6.07) is 12.3. The van der Waals surface area contributed by atoms with Crippen molar-refractivity contribution < 1.29 is 19.1 Å². The Balaban J connectivity index is 1.70. The lowest BCUT2D eigenvalue weighted by Gasteiger charge is -2.10. The van der Waals surface area contributed by atoms with Gasteiger partial charge in [0.2, 0.25) is 5.91 Å². The predicted octanol–water partition coefficient (Wildman–Crippen LogP) is 6.96. The fraction of sp³-hybridized carbons (Fsp3) is 0.483. The molecule has 0 spiro atoms. The van der Waals surface area contributed by atoms with Gasteiger partial charge in [-0.05, 0) is 55.7 Å². The normalized spacial score (nSPS) is 10.6. The molecule has 2 aromatic rings. The Morgan fingerprint density at radius 3 is 2.17 bits per heavy atom. The van der Waals surface area contributed by atoms with Gasteiger partial charge in [-0.3, -0.25) is 9.59 Å². The molecule has 0 aromatic heterocycles. The highest BCUT2D eigenvalue weighted by Crippen LogP contribution is 2.17. The van der Waals surface area contributed by atoms with E-state index < -0.39 is 11.9 Å². The first-order chi connectivity index (χ1) is 16.9. The number of nitrogens with one attached hydrogen (secondary N) is 2. The molecular weight excluding hydrogens is 440 g/mol. The Labute approximate surface area is 209 Å². The van der Waals surface area contributed by atoms with E-state index in [-0.39, 0.29) is 18.1 Å². The van der Waals surface area contributed by atoms with Gasteiger partial charge in [-0.15, -0.1) is 0 Å². The molecular formula is C29H40N2O4. The van der Waals surface area contributed by atoms with Crippen LogP contribution in [0.3, 0.4) is 0 Å². The molecule has 0 aliphatic heterocycles. The van der Waals surface area contributed by atoms with Crippen LogP contribution in [0.25, 0.3) is 0 Å². The second-order valence-electron chi connectivity index (χ2n) is 9.15. The third-order valence-electron chi connectivity index (χ3n) is 5.89. The van der Waals surface area contributed by atoms with Crippen molar-refractivity contribution in [2.75, 3.05) is 17.2 Å². The van der Waals surface area contributed by atoms with E-state index in [4.69, 9.17) is 4.74 Å². The van der Waals surface area contributed by atoms with Crippen molar-refractivity contribution in [1.29, 1.82) is 0 Å². The Bertz CT molecular complexity index is 971. The summed E-state index contributed by atoms with van der Waals surface area (Å²) in [4.78, 5) is 36.9. The van der Waals surface area contributed by atoms with Gasteiger partial charge in [-0.1, -0.05) is 76.5 Å². The van der Waals surface area contributed by atoms with Crippen LogP contribution in [0, 0.1) is 13.8 Å². The molecule has 2 N–H and O–H groups in total. The molecule has 0 atom stereocenters. The highest BCUT2D eigenvalue weighted by Gasteiger charge is 2.12. The molecule has 190 valence electrons. The van der Waals surface area contributed by atoms with Gasteiger partial charge < -0.3 is 15.4 Å². The number of carbonyl (C=O) groups is 3. The highest BCUT2D eigenvalue weighted by molar-refractivity contribution is 5.97. The lowest BCUT2D eigenvalue weighted by Crippen LogP contribution is -2.21. The number of rotatable bonds is 15. The number of anilines is 2. The van der Waals surface area contributed by atoms with Gasteiger partial charge in [0, 0.05) is 17.8 Å². The largest absolute Gasteiger partial charge is 0.452 e. The first-order valence-corrected chi connectivity index (χ1v) is 12.8. The highest BCUT2D eigenvalue weighted by atomic mass is 16.5. The van der Waals surface area contributed by atoms with E-state index in [2.05, 4.69) is 17.6 Å². The Kier molecular flexibility index (Phi) is 12.6. The Morgan fingerprint density at radius 1 is 0.771 bits per heavy atom. The maximum atomic E-state index is 12.4. The summed E-state index contributed by atoms with van der Waals surface area (Å²) in [6.07, 6.45) is 11.3. The molecule has 2 amide bonds. The standard InChI is InChI=1S/C29H40N2O4/c1-4-5-6-7-8-9-10-11-12-16-27(32)30-25-15-13-14-24(20-25)29(34)35-21-28(33)31-26-19-22(2)17-18-23(26)3/h13-15,17-20H,4-12,16,21H2,1-3H3,(H,30,32)(H,31,33). The van der Waals surface area contributed by atoms with Crippen molar-refractivity contribution in [2.45, 2.75) is 85.0 Å². The van der Waals surface area contributed by atoms with Crippen LogP contribution in [0.5, 0.6) is 0 Å². The van der Waals surface area contributed by atoms with Crippen molar-refractivity contribution in [3.8, 4) is 0 Å². The predicted molar refractivity (Wildman–Crippen MR) is 142 cm³/mol. The molecule has 35 heavy (non-hydrogen) atoms. The lowest BCUT2D eigenvalue weighted by atomic mass is 10.1. The molecule has 6 heteroatoms. The van der Waals surface area contributed by atoms with Crippen LogP contribution in [0.2, 0.25) is 0 Å². The van der Waals surface area contributed by atoms with Crippen LogP contribution >= 0.6 is 0 Å². The molecule has 0 fully saturated rings. The van der Waals surface area contributed by atoms with Crippen molar-refractivity contribution in [3.63, 3.8) is 0 Å². The van der Waals surface area contributed by atoms with Gasteiger partial charge in [-0.2, -0.15) is 0 Å². The van der Waals surface area contributed by atoms with Crippen LogP contribution in [0.15, 0.2) is 42.5 Å². The summed E-state index contributed by atoms with van der Waals surface area (Å²) in [7, 11) is 0. The zero-order valence-electron chi connectivity index (χ0n) is 21.5. The summed E-state index contributed by atoms with van der Waals surface area (Å²) < 4.78 is 5.16. The number of esters is 1. The number of aryl methyl sites for hydroxylation is 2. The van der Waals surface area contributed by atoms with Gasteiger partial charge in [0.05, 0.1) is 5.56 Å². The summed E-state index contributed by atoms with van der Waals surface area (Å²) in [5.41, 5.74) is 3.48. The molecule has 0 aliphatic carbocycles. The number of benzene rings is 2. The zero-order valence-corrected chi connectivity index (χ0v) is 21.5. The molecule has 0 radical (unpaired) electrons. The molecule has 0 saturated carbocycles. The van der Waals surface area contributed by atoms with Gasteiger partial charge in [-0.25, -0.2) is 4.79 Å². The third-order valence-corrected chi connectivity index (χ3v) is 5.89. The Morgan fingerprint density at radius 2 is 1.46 bits per heavy atom. The molecule has 0 unspecified atom stereocenters. The Hall–Kier alpha value is -3.15. The lowest BCUT2D eigenvalue weighted by molar-refractivity contribution is -0.119. The van der Waals surface area contributed by atoms with Crippen LogP contribution in [-0.2, 0) is 14.3 Å². The fourth-order valence-electron chi connectivity index (χ4n) is 3.81. The van der Waals surface area contributed by atoms with E-state index in [1.807, 2.05) is 32.0 Å². The molecule has 0 bridgehead atoms. The van der Waals surface area contributed by atoms with Crippen LogP contribution in [-0.4, -0.2) is 24.4 Å². The first-order valence-electron chi connectivity index (χ1n) is 12.8. The van der Waals surface area contributed by atoms with E-state index in [0.717, 1.165) is 30.4 Å². The quantitative estimate of drug-likeness (QED) is 0.213. The summed E-state index contributed by atoms with van der Waals surface area (Å²) in [6.45, 7) is 5.68. The van der Waals surface area contributed by atoms with Gasteiger partial charge in [0.1, 0.15) is 0 Å². The minimum atomic E-state index is -0.615. The number of ether oxygens (including phenoxy) is 1. The van der Waals surface area contributed by atoms with E-state index in [1.54, 1.807) is 24.3 Å². The van der Waals surface area contributed by atoms with Crippen molar-refractivity contribution in [3.05, 3.63) is 59.2 Å². The zero-order chi connectivity index (χ0) is 25.5. The van der Waals surface area contributed by atoms with Gasteiger partial charge in [0.25, 0.3) is 5.91 Å². The van der Waals surface area contributed by atoms with Crippen LogP contribution in [0.1, 0.15) is 92.6 Å². The molecule has 0 saturated heterocycles. The van der Waals surface area contributed by atoms with Crippen LogP contribution < -0.4 is 10.6 Å². The second-order valence-corrected chi connectivity index (χ2v) is 9.15. The van der Waals surface area contributed by atoms with E-state index in [1.165, 1.54) is 38.5 Å². The van der Waals surface area contributed by atoms with Crippen molar-refractivity contribution in [2.24, 2.45) is 0 Å². The number of unbranched alkanes of at least 4 members (excludes halogenated alkanes) is 8. The molecule has 0 heterocycles. The first kappa shape index (κ1) is 28.1. The molecule has 2 aromatic carbocycles. The molecule has 2 rings (SSSR count). The average molecular weight is 481 g/mol. The number of amides is 2. The average Bonchev–Trinajstić information content (AvgIpc) is 2.84.